The summed E-state index contributed by atoms with van der Waals surface area (Å²) in [7, 11) is 4.43. The maximum Gasteiger partial charge on any atom is 0.320 e. The fourth-order valence-corrected chi connectivity index (χ4v) is 6.90. The lowest BCUT2D eigenvalue weighted by Crippen LogP contribution is -2.55. The predicted octanol–water partition coefficient (Wildman–Crippen LogP) is 4.16. The first kappa shape index (κ1) is 23.7. The number of carbonyl (C=O) groups is 2. The molecule has 0 atom stereocenters. The van der Waals surface area contributed by atoms with Gasteiger partial charge in [-0.2, -0.15) is 0 Å². The van der Waals surface area contributed by atoms with Crippen molar-refractivity contribution >= 4 is 11.9 Å². The number of likely N-dealkylation sites (tertiary alicyclic amines) is 1. The highest BCUT2D eigenvalue weighted by atomic mass is 16.2. The highest BCUT2D eigenvalue weighted by Gasteiger charge is 2.55. The molecule has 1 aromatic rings. The highest BCUT2D eigenvalue weighted by Crippen LogP contribution is 2.50. The topological polar surface area (TPSA) is 47.1 Å². The third kappa shape index (κ3) is 4.34. The van der Waals surface area contributed by atoms with Crippen LogP contribution in [0.25, 0.3) is 0 Å². The SMILES string of the molecule is CC(=O)N1CCC(CN2CC3(CCC(c4ccccc4)(N(C)C)CC3)N(CC3CC3)C2=O)CC1. The van der Waals surface area contributed by atoms with Crippen molar-refractivity contribution in [1.82, 2.24) is 19.6 Å². The number of carbonyl (C=O) groups excluding carboxylic acids is 2. The second kappa shape index (κ2) is 9.18. The Bertz CT molecular complexity index is 881. The lowest BCUT2D eigenvalue weighted by molar-refractivity contribution is -0.130. The molecule has 6 nitrogen and oxygen atoms in total. The molecule has 0 radical (unpaired) electrons. The number of piperidine rings is 1. The summed E-state index contributed by atoms with van der Waals surface area (Å²) in [6.07, 6.45) is 8.87. The van der Waals surface area contributed by atoms with Crippen LogP contribution >= 0.6 is 0 Å². The third-order valence-electron chi connectivity index (χ3n) is 9.41. The number of nitrogens with zero attached hydrogens (tertiary/aromatic N) is 4. The summed E-state index contributed by atoms with van der Waals surface area (Å²) in [4.78, 5) is 34.3. The number of amides is 3. The van der Waals surface area contributed by atoms with Crippen LogP contribution in [-0.2, 0) is 10.3 Å². The van der Waals surface area contributed by atoms with E-state index in [1.165, 1.54) is 18.4 Å². The van der Waals surface area contributed by atoms with Gasteiger partial charge in [-0.05, 0) is 82.9 Å². The van der Waals surface area contributed by atoms with Crippen LogP contribution in [0.4, 0.5) is 4.79 Å². The van der Waals surface area contributed by atoms with Gasteiger partial charge in [-0.1, -0.05) is 30.3 Å². The summed E-state index contributed by atoms with van der Waals surface area (Å²) in [5.74, 6) is 1.38. The van der Waals surface area contributed by atoms with E-state index in [-0.39, 0.29) is 23.0 Å². The minimum absolute atomic E-state index is 0.0198. The van der Waals surface area contributed by atoms with Gasteiger partial charge in [0, 0.05) is 45.2 Å². The fourth-order valence-electron chi connectivity index (χ4n) is 6.90. The molecule has 4 fully saturated rings. The van der Waals surface area contributed by atoms with Crippen LogP contribution in [0.1, 0.15) is 63.9 Å². The Morgan fingerprint density at radius 1 is 0.941 bits per heavy atom. The van der Waals surface area contributed by atoms with E-state index in [2.05, 4.69) is 59.1 Å². The molecular weight excluding hydrogens is 424 g/mol. The van der Waals surface area contributed by atoms with Gasteiger partial charge in [0.05, 0.1) is 5.54 Å². The molecule has 1 aromatic carbocycles. The van der Waals surface area contributed by atoms with Gasteiger partial charge in [-0.3, -0.25) is 9.69 Å². The zero-order chi connectivity index (χ0) is 23.9. The molecule has 3 amide bonds. The zero-order valence-corrected chi connectivity index (χ0v) is 21.3. The van der Waals surface area contributed by atoms with Gasteiger partial charge in [0.25, 0.3) is 0 Å². The van der Waals surface area contributed by atoms with Gasteiger partial charge in [-0.15, -0.1) is 0 Å². The molecule has 34 heavy (non-hydrogen) atoms. The Kier molecular flexibility index (Phi) is 6.38. The molecule has 2 saturated carbocycles. The summed E-state index contributed by atoms with van der Waals surface area (Å²) in [6.45, 7) is 6.01. The van der Waals surface area contributed by atoms with Gasteiger partial charge in [-0.25, -0.2) is 4.79 Å². The Labute approximate surface area is 205 Å². The minimum Gasteiger partial charge on any atom is -0.343 e. The van der Waals surface area contributed by atoms with E-state index in [1.54, 1.807) is 6.92 Å². The first-order chi connectivity index (χ1) is 16.3. The molecule has 2 aliphatic carbocycles. The molecule has 0 bridgehead atoms. The fraction of sp³-hybridized carbons (Fsp3) is 0.714. The van der Waals surface area contributed by atoms with E-state index in [9.17, 15) is 9.59 Å². The third-order valence-corrected chi connectivity index (χ3v) is 9.41. The lowest BCUT2D eigenvalue weighted by atomic mass is 9.68. The van der Waals surface area contributed by atoms with Crippen molar-refractivity contribution in [2.45, 2.75) is 69.4 Å². The first-order valence-corrected chi connectivity index (χ1v) is 13.4. The van der Waals surface area contributed by atoms with Crippen LogP contribution in [0, 0.1) is 11.8 Å². The van der Waals surface area contributed by atoms with Crippen LogP contribution in [0.15, 0.2) is 30.3 Å². The van der Waals surface area contributed by atoms with Gasteiger partial charge in [0.2, 0.25) is 5.91 Å². The van der Waals surface area contributed by atoms with E-state index in [0.29, 0.717) is 11.8 Å². The van der Waals surface area contributed by atoms with Crippen molar-refractivity contribution in [3.63, 3.8) is 0 Å². The molecule has 0 aromatic heterocycles. The number of urea groups is 1. The summed E-state index contributed by atoms with van der Waals surface area (Å²) in [6, 6.07) is 11.2. The number of hydrogen-bond donors (Lipinski definition) is 0. The van der Waals surface area contributed by atoms with E-state index in [4.69, 9.17) is 0 Å². The molecule has 4 aliphatic rings. The van der Waals surface area contributed by atoms with Crippen LogP contribution in [0.5, 0.6) is 0 Å². The Morgan fingerprint density at radius 2 is 1.56 bits per heavy atom. The largest absolute Gasteiger partial charge is 0.343 e. The van der Waals surface area contributed by atoms with Crippen molar-refractivity contribution in [3.05, 3.63) is 35.9 Å². The van der Waals surface area contributed by atoms with Crippen LogP contribution in [-0.4, -0.2) is 83.9 Å². The van der Waals surface area contributed by atoms with Gasteiger partial charge < -0.3 is 14.7 Å². The normalized spacial score (nSPS) is 30.6. The predicted molar refractivity (Wildman–Crippen MR) is 134 cm³/mol. The molecule has 2 saturated heterocycles. The second-order valence-electron chi connectivity index (χ2n) is 11.7. The zero-order valence-electron chi connectivity index (χ0n) is 21.3. The van der Waals surface area contributed by atoms with Crippen molar-refractivity contribution in [2.75, 3.05) is 46.8 Å². The van der Waals surface area contributed by atoms with Gasteiger partial charge in [0.1, 0.15) is 0 Å². The summed E-state index contributed by atoms with van der Waals surface area (Å²) in [5.41, 5.74) is 1.43. The summed E-state index contributed by atoms with van der Waals surface area (Å²) in [5, 5.41) is 0. The monoisotopic (exact) mass is 466 g/mol. The van der Waals surface area contributed by atoms with Crippen LogP contribution < -0.4 is 0 Å². The van der Waals surface area contributed by atoms with Gasteiger partial charge >= 0.3 is 6.03 Å². The second-order valence-corrected chi connectivity index (χ2v) is 11.7. The molecule has 0 N–H and O–H groups in total. The van der Waals surface area contributed by atoms with Crippen molar-refractivity contribution in [1.29, 1.82) is 0 Å². The summed E-state index contributed by atoms with van der Waals surface area (Å²) >= 11 is 0. The lowest BCUT2D eigenvalue weighted by Gasteiger charge is -2.51. The standard InChI is InChI=1S/C28H42N4O2/c1-22(33)30-17-11-24(12-18-30)19-31-21-27(32(26(31)34)20-23-9-10-23)13-15-28(16-14-27,29(2)3)25-7-5-4-6-8-25/h4-8,23-24H,9-21H2,1-3H3. The molecule has 6 heteroatoms. The average molecular weight is 467 g/mol. The smallest absolute Gasteiger partial charge is 0.320 e. The van der Waals surface area contributed by atoms with E-state index in [0.717, 1.165) is 71.2 Å². The Balaban J connectivity index is 1.31. The molecule has 2 aliphatic heterocycles. The highest BCUT2D eigenvalue weighted by molar-refractivity contribution is 5.78. The summed E-state index contributed by atoms with van der Waals surface area (Å²) < 4.78 is 0. The number of hydrogen-bond acceptors (Lipinski definition) is 3. The van der Waals surface area contributed by atoms with Crippen molar-refractivity contribution in [3.8, 4) is 0 Å². The Morgan fingerprint density at radius 3 is 2.12 bits per heavy atom. The molecule has 0 unspecified atom stereocenters. The molecule has 5 rings (SSSR count). The minimum atomic E-state index is -0.0198. The van der Waals surface area contributed by atoms with Crippen LogP contribution in [0.2, 0.25) is 0 Å². The molecular formula is C28H42N4O2. The van der Waals surface area contributed by atoms with Gasteiger partial charge in [0.15, 0.2) is 0 Å². The van der Waals surface area contributed by atoms with E-state index in [1.807, 2.05) is 4.90 Å². The van der Waals surface area contributed by atoms with E-state index >= 15 is 0 Å². The quantitative estimate of drug-likeness (QED) is 0.632. The first-order valence-electron chi connectivity index (χ1n) is 13.4. The van der Waals surface area contributed by atoms with E-state index < -0.39 is 0 Å². The molecule has 2 heterocycles. The van der Waals surface area contributed by atoms with Crippen LogP contribution in [0.3, 0.4) is 0 Å². The maximum atomic E-state index is 13.7. The molecule has 186 valence electrons. The molecule has 1 spiro atoms. The average Bonchev–Trinajstić information content (AvgIpc) is 3.63. The number of rotatable bonds is 6. The maximum absolute atomic E-state index is 13.7. The van der Waals surface area contributed by atoms with Crippen molar-refractivity contribution < 1.29 is 9.59 Å². The van der Waals surface area contributed by atoms with Crippen molar-refractivity contribution in [2.24, 2.45) is 11.8 Å². The number of benzene rings is 1. The Hall–Kier alpha value is -2.08.